The van der Waals surface area contributed by atoms with Crippen LogP contribution < -0.4 is 15.5 Å². The summed E-state index contributed by atoms with van der Waals surface area (Å²) in [6, 6.07) is 11.0. The van der Waals surface area contributed by atoms with Gasteiger partial charge in [0.2, 0.25) is 5.91 Å². The topological polar surface area (TPSA) is 112 Å². The molecule has 8 nitrogen and oxygen atoms in total. The highest BCUT2D eigenvalue weighted by molar-refractivity contribution is 6.08. The molecule has 0 saturated heterocycles. The average molecular weight is 422 g/mol. The van der Waals surface area contributed by atoms with Gasteiger partial charge >= 0.3 is 6.09 Å². The fourth-order valence-corrected chi connectivity index (χ4v) is 4.60. The van der Waals surface area contributed by atoms with E-state index in [-0.39, 0.29) is 11.8 Å². The van der Waals surface area contributed by atoms with Gasteiger partial charge in [-0.2, -0.15) is 0 Å². The molecule has 1 aromatic carbocycles. The molecule has 2 heterocycles. The van der Waals surface area contributed by atoms with Crippen LogP contribution in [0.1, 0.15) is 37.7 Å². The van der Waals surface area contributed by atoms with Crippen LogP contribution in [0, 0.1) is 5.92 Å². The molecule has 1 aliphatic heterocycles. The molecule has 1 aromatic heterocycles. The highest BCUT2D eigenvalue weighted by Crippen LogP contribution is 2.34. The van der Waals surface area contributed by atoms with E-state index in [1.807, 2.05) is 24.3 Å². The zero-order valence-corrected chi connectivity index (χ0v) is 17.2. The van der Waals surface area contributed by atoms with Gasteiger partial charge in [0.25, 0.3) is 5.91 Å². The van der Waals surface area contributed by atoms with Crippen molar-refractivity contribution in [3.63, 3.8) is 0 Å². The van der Waals surface area contributed by atoms with Crippen molar-refractivity contribution in [1.29, 1.82) is 0 Å². The predicted molar refractivity (Wildman–Crippen MR) is 116 cm³/mol. The van der Waals surface area contributed by atoms with Crippen LogP contribution in [0.2, 0.25) is 0 Å². The first kappa shape index (κ1) is 20.8. The number of carbonyl (C=O) groups is 3. The largest absolute Gasteiger partial charge is 0.465 e. The monoisotopic (exact) mass is 422 g/mol. The van der Waals surface area contributed by atoms with Crippen LogP contribution in [0.3, 0.4) is 0 Å². The number of nitrogens with one attached hydrogen (secondary N) is 2. The lowest BCUT2D eigenvalue weighted by molar-refractivity contribution is -0.125. The Kier molecular flexibility index (Phi) is 6.16. The summed E-state index contributed by atoms with van der Waals surface area (Å²) < 4.78 is 0. The Bertz CT molecular complexity index is 959. The second-order valence-corrected chi connectivity index (χ2v) is 8.09. The molecule has 1 fully saturated rings. The molecule has 0 radical (unpaired) electrons. The number of hydrogen-bond acceptors (Lipinski definition) is 4. The minimum Gasteiger partial charge on any atom is -0.465 e. The minimum atomic E-state index is -1.24. The van der Waals surface area contributed by atoms with Crippen LogP contribution in [0.25, 0.3) is 0 Å². The number of rotatable bonds is 5. The number of nitrogens with zero attached hydrogens (tertiary/aromatic N) is 2. The molecule has 2 aliphatic rings. The zero-order chi connectivity index (χ0) is 21.8. The zero-order valence-electron chi connectivity index (χ0n) is 17.2. The molecular formula is C23H26N4O4. The third-order valence-corrected chi connectivity index (χ3v) is 6.07. The summed E-state index contributed by atoms with van der Waals surface area (Å²) >= 11 is 0. The van der Waals surface area contributed by atoms with Crippen LogP contribution in [-0.4, -0.2) is 40.1 Å². The van der Waals surface area contributed by atoms with Crippen LogP contribution in [0.4, 0.5) is 16.3 Å². The second kappa shape index (κ2) is 9.16. The van der Waals surface area contributed by atoms with Gasteiger partial charge < -0.3 is 15.7 Å². The van der Waals surface area contributed by atoms with Crippen LogP contribution in [0.15, 0.2) is 48.7 Å². The van der Waals surface area contributed by atoms with E-state index >= 15 is 0 Å². The maximum absolute atomic E-state index is 13.7. The van der Waals surface area contributed by atoms with Crippen molar-refractivity contribution >= 4 is 29.4 Å². The molecule has 4 rings (SSSR count). The summed E-state index contributed by atoms with van der Waals surface area (Å²) in [6.07, 6.45) is 5.23. The molecule has 1 aliphatic carbocycles. The van der Waals surface area contributed by atoms with E-state index in [1.54, 1.807) is 24.4 Å². The molecule has 1 saturated carbocycles. The van der Waals surface area contributed by atoms with Crippen molar-refractivity contribution in [2.75, 3.05) is 10.2 Å². The van der Waals surface area contributed by atoms with Gasteiger partial charge in [-0.3, -0.25) is 14.5 Å². The van der Waals surface area contributed by atoms with Crippen molar-refractivity contribution in [3.8, 4) is 0 Å². The van der Waals surface area contributed by atoms with E-state index in [9.17, 15) is 19.5 Å². The van der Waals surface area contributed by atoms with E-state index in [2.05, 4.69) is 15.6 Å². The third-order valence-electron chi connectivity index (χ3n) is 6.07. The summed E-state index contributed by atoms with van der Waals surface area (Å²) in [4.78, 5) is 44.1. The molecular weight excluding hydrogens is 396 g/mol. The molecule has 2 aromatic rings. The molecule has 162 valence electrons. The van der Waals surface area contributed by atoms with E-state index in [0.717, 1.165) is 37.7 Å². The number of aromatic nitrogens is 1. The Morgan fingerprint density at radius 3 is 2.48 bits per heavy atom. The Labute approximate surface area is 180 Å². The Morgan fingerprint density at radius 2 is 1.77 bits per heavy atom. The van der Waals surface area contributed by atoms with Crippen molar-refractivity contribution in [2.45, 2.75) is 50.6 Å². The predicted octanol–water partition coefficient (Wildman–Crippen LogP) is 3.19. The number of benzene rings is 1. The lowest BCUT2D eigenvalue weighted by atomic mass is 9.83. The van der Waals surface area contributed by atoms with Crippen LogP contribution in [-0.2, 0) is 16.0 Å². The molecule has 31 heavy (non-hydrogen) atoms. The standard InChI is InChI=1S/C23H26N4O4/c28-21(25-17-11-5-2-6-12-17)18-14-16-10-7-13-24-20(16)27(18)22(29)19(26-23(30)31)15-8-3-1-4-9-15/h2,5-7,10-13,15,18-19,26H,1,3-4,8-9,14H2,(H,25,28)(H,30,31)/t18-,19-/m0/s1. The van der Waals surface area contributed by atoms with E-state index in [4.69, 9.17) is 0 Å². The molecule has 8 heteroatoms. The number of fused-ring (bicyclic) bond motifs is 1. The van der Waals surface area contributed by atoms with Crippen molar-refractivity contribution < 1.29 is 19.5 Å². The number of carboxylic acid groups (broad SMARTS) is 1. The van der Waals surface area contributed by atoms with Gasteiger partial charge in [0.15, 0.2) is 0 Å². The van der Waals surface area contributed by atoms with Gasteiger partial charge in [-0.05, 0) is 42.5 Å². The Hall–Kier alpha value is -3.42. The lowest BCUT2D eigenvalue weighted by Crippen LogP contribution is -2.56. The van der Waals surface area contributed by atoms with Gasteiger partial charge in [0.1, 0.15) is 17.9 Å². The quantitative estimate of drug-likeness (QED) is 0.685. The van der Waals surface area contributed by atoms with Gasteiger partial charge in [-0.1, -0.05) is 43.5 Å². The summed E-state index contributed by atoms with van der Waals surface area (Å²) in [5.41, 5.74) is 1.43. The van der Waals surface area contributed by atoms with Gasteiger partial charge in [0.05, 0.1) is 0 Å². The highest BCUT2D eigenvalue weighted by atomic mass is 16.4. The number of para-hydroxylation sites is 1. The maximum atomic E-state index is 13.7. The second-order valence-electron chi connectivity index (χ2n) is 8.09. The lowest BCUT2D eigenvalue weighted by Gasteiger charge is -2.33. The molecule has 0 spiro atoms. The SMILES string of the molecule is O=C(O)N[C@H](C(=O)N1c2ncccc2C[C@H]1C(=O)Nc1ccccc1)C1CCCCC1. The first-order valence-corrected chi connectivity index (χ1v) is 10.7. The van der Waals surface area contributed by atoms with Gasteiger partial charge in [-0.25, -0.2) is 9.78 Å². The Balaban J connectivity index is 1.64. The first-order valence-electron chi connectivity index (χ1n) is 10.7. The van der Waals surface area contributed by atoms with E-state index < -0.39 is 24.1 Å². The summed E-state index contributed by atoms with van der Waals surface area (Å²) in [6.45, 7) is 0. The molecule has 3 N–H and O–H groups in total. The number of amides is 3. The summed E-state index contributed by atoms with van der Waals surface area (Å²) in [7, 11) is 0. The smallest absolute Gasteiger partial charge is 0.405 e. The summed E-state index contributed by atoms with van der Waals surface area (Å²) in [5.74, 6) is -0.410. The average Bonchev–Trinajstić information content (AvgIpc) is 3.18. The first-order chi connectivity index (χ1) is 15.0. The minimum absolute atomic E-state index is 0.0945. The van der Waals surface area contributed by atoms with Crippen molar-refractivity contribution in [2.24, 2.45) is 5.92 Å². The highest BCUT2D eigenvalue weighted by Gasteiger charge is 2.44. The van der Waals surface area contributed by atoms with Gasteiger partial charge in [0, 0.05) is 18.3 Å². The molecule has 0 unspecified atom stereocenters. The van der Waals surface area contributed by atoms with E-state index in [1.165, 1.54) is 4.90 Å². The van der Waals surface area contributed by atoms with Crippen molar-refractivity contribution in [3.05, 3.63) is 54.2 Å². The van der Waals surface area contributed by atoms with Crippen LogP contribution in [0.5, 0.6) is 0 Å². The normalized spacial score (nSPS) is 19.4. The maximum Gasteiger partial charge on any atom is 0.405 e. The van der Waals surface area contributed by atoms with E-state index in [0.29, 0.717) is 17.9 Å². The molecule has 2 atom stereocenters. The fourth-order valence-electron chi connectivity index (χ4n) is 4.60. The van der Waals surface area contributed by atoms with Crippen LogP contribution >= 0.6 is 0 Å². The molecule has 0 bridgehead atoms. The number of hydrogen-bond donors (Lipinski definition) is 3. The number of pyridine rings is 1. The molecule has 3 amide bonds. The summed E-state index contributed by atoms with van der Waals surface area (Å²) in [5, 5.41) is 14.7. The van der Waals surface area contributed by atoms with Gasteiger partial charge in [-0.15, -0.1) is 0 Å². The fraction of sp³-hybridized carbons (Fsp3) is 0.391. The third kappa shape index (κ3) is 4.52. The number of anilines is 2. The van der Waals surface area contributed by atoms with Crippen molar-refractivity contribution in [1.82, 2.24) is 10.3 Å². The Morgan fingerprint density at radius 1 is 1.03 bits per heavy atom. The number of carbonyl (C=O) groups excluding carboxylic acids is 2.